The van der Waals surface area contributed by atoms with Crippen LogP contribution in [0, 0.1) is 5.82 Å². The number of likely N-dealkylation sites (tertiary alicyclic amines) is 1. The van der Waals surface area contributed by atoms with Crippen LogP contribution >= 0.6 is 11.3 Å². The van der Waals surface area contributed by atoms with E-state index in [1.54, 1.807) is 28.2 Å². The third kappa shape index (κ3) is 4.30. The first-order valence-corrected chi connectivity index (χ1v) is 11.2. The second-order valence-electron chi connectivity index (χ2n) is 7.90. The van der Waals surface area contributed by atoms with Crippen LogP contribution in [-0.2, 0) is 6.54 Å². The zero-order valence-electron chi connectivity index (χ0n) is 16.9. The van der Waals surface area contributed by atoms with Crippen molar-refractivity contribution in [1.82, 2.24) is 19.9 Å². The van der Waals surface area contributed by atoms with Gasteiger partial charge in [-0.25, -0.2) is 9.07 Å². The van der Waals surface area contributed by atoms with Crippen LogP contribution in [0.3, 0.4) is 0 Å². The predicted octanol–water partition coefficient (Wildman–Crippen LogP) is 4.69. The van der Waals surface area contributed by atoms with E-state index in [4.69, 9.17) is 0 Å². The Kier molecular flexibility index (Phi) is 5.63. The topological polar surface area (TPSA) is 54.2 Å². The maximum Gasteiger partial charge on any atom is 0.123 e. The molecule has 1 saturated heterocycles. The fourth-order valence-electron chi connectivity index (χ4n) is 4.30. The molecule has 2 aromatic carbocycles. The van der Waals surface area contributed by atoms with Gasteiger partial charge in [0.15, 0.2) is 0 Å². The molecule has 1 N–H and O–H groups in total. The fourth-order valence-corrected chi connectivity index (χ4v) is 5.03. The average molecular weight is 435 g/mol. The summed E-state index contributed by atoms with van der Waals surface area (Å²) in [5.41, 5.74) is 2.70. The van der Waals surface area contributed by atoms with Crippen LogP contribution < -0.4 is 0 Å². The van der Waals surface area contributed by atoms with Crippen LogP contribution in [0.4, 0.5) is 4.39 Å². The molecule has 3 unspecified atom stereocenters. The molecule has 2 aromatic heterocycles. The monoisotopic (exact) mass is 434 g/mol. The third-order valence-corrected chi connectivity index (χ3v) is 6.75. The summed E-state index contributed by atoms with van der Waals surface area (Å²) >= 11 is 1.74. The highest BCUT2D eigenvalue weighted by Crippen LogP contribution is 2.38. The molecule has 1 fully saturated rings. The molecule has 3 atom stereocenters. The SMILES string of the molecule is OC1CN(Cc2cccs2)C(c2ccccc2)CC1n1cc(-c2ccc(F)cc2)nn1. The van der Waals surface area contributed by atoms with Crippen LogP contribution in [0.25, 0.3) is 11.3 Å². The molecule has 5 rings (SSSR count). The Morgan fingerprint density at radius 1 is 1.03 bits per heavy atom. The Morgan fingerprint density at radius 3 is 2.58 bits per heavy atom. The number of thiophene rings is 1. The third-order valence-electron chi connectivity index (χ3n) is 5.88. The van der Waals surface area contributed by atoms with E-state index in [2.05, 4.69) is 57.0 Å². The minimum atomic E-state index is -0.567. The molecule has 0 amide bonds. The van der Waals surface area contributed by atoms with E-state index in [9.17, 15) is 9.50 Å². The number of aromatic nitrogens is 3. The Labute approximate surface area is 184 Å². The van der Waals surface area contributed by atoms with Gasteiger partial charge < -0.3 is 5.11 Å². The van der Waals surface area contributed by atoms with Gasteiger partial charge in [0.2, 0.25) is 0 Å². The summed E-state index contributed by atoms with van der Waals surface area (Å²) in [6.07, 6.45) is 2.00. The van der Waals surface area contributed by atoms with Gasteiger partial charge in [0.05, 0.1) is 18.3 Å². The van der Waals surface area contributed by atoms with Crippen molar-refractivity contribution in [2.75, 3.05) is 6.54 Å². The number of nitrogens with zero attached hydrogens (tertiary/aromatic N) is 4. The smallest absolute Gasteiger partial charge is 0.123 e. The zero-order valence-corrected chi connectivity index (χ0v) is 17.7. The van der Waals surface area contributed by atoms with Crippen LogP contribution in [0.2, 0.25) is 0 Å². The van der Waals surface area contributed by atoms with Crippen molar-refractivity contribution in [3.63, 3.8) is 0 Å². The van der Waals surface area contributed by atoms with Crippen molar-refractivity contribution in [2.24, 2.45) is 0 Å². The Morgan fingerprint density at radius 2 is 1.84 bits per heavy atom. The van der Waals surface area contributed by atoms with Crippen molar-refractivity contribution >= 4 is 11.3 Å². The molecule has 0 bridgehead atoms. The van der Waals surface area contributed by atoms with Gasteiger partial charge in [-0.2, -0.15) is 0 Å². The second-order valence-corrected chi connectivity index (χ2v) is 8.93. The largest absolute Gasteiger partial charge is 0.390 e. The van der Waals surface area contributed by atoms with Crippen LogP contribution in [0.1, 0.15) is 28.9 Å². The first-order chi connectivity index (χ1) is 15.2. The second kappa shape index (κ2) is 8.70. The lowest BCUT2D eigenvalue weighted by molar-refractivity contribution is -0.0131. The van der Waals surface area contributed by atoms with Gasteiger partial charge in [0, 0.05) is 29.6 Å². The molecule has 1 aliphatic rings. The molecule has 5 nitrogen and oxygen atoms in total. The van der Waals surface area contributed by atoms with E-state index < -0.39 is 6.10 Å². The summed E-state index contributed by atoms with van der Waals surface area (Å²) in [5, 5.41) is 21.7. The highest BCUT2D eigenvalue weighted by molar-refractivity contribution is 7.09. The molecule has 158 valence electrons. The standard InChI is InChI=1S/C24H23FN4OS/c25-19-10-8-17(9-11-19)21-15-29(27-26-21)23-13-22(18-5-2-1-3-6-18)28(16-24(23)30)14-20-7-4-12-31-20/h1-12,15,22-24,30H,13-14,16H2. The minimum absolute atomic E-state index is 0.162. The first-order valence-electron chi connectivity index (χ1n) is 10.3. The predicted molar refractivity (Wildman–Crippen MR) is 119 cm³/mol. The molecule has 0 spiro atoms. The van der Waals surface area contributed by atoms with E-state index in [0.717, 1.165) is 18.5 Å². The summed E-state index contributed by atoms with van der Waals surface area (Å²) in [7, 11) is 0. The maximum atomic E-state index is 13.2. The van der Waals surface area contributed by atoms with Gasteiger partial charge in [-0.1, -0.05) is 41.6 Å². The number of halogens is 1. The fraction of sp³-hybridized carbons (Fsp3) is 0.250. The van der Waals surface area contributed by atoms with E-state index in [0.29, 0.717) is 12.2 Å². The number of aliphatic hydroxyl groups is 1. The molecular formula is C24H23FN4OS. The van der Waals surface area contributed by atoms with E-state index in [1.807, 2.05) is 12.3 Å². The number of piperidine rings is 1. The summed E-state index contributed by atoms with van der Waals surface area (Å²) in [4.78, 5) is 3.63. The Balaban J connectivity index is 1.42. The summed E-state index contributed by atoms with van der Waals surface area (Å²) < 4.78 is 15.0. The Hall–Kier alpha value is -2.87. The molecule has 7 heteroatoms. The number of hydrogen-bond donors (Lipinski definition) is 1. The molecule has 31 heavy (non-hydrogen) atoms. The average Bonchev–Trinajstić information content (AvgIpc) is 3.48. The van der Waals surface area contributed by atoms with Crippen LogP contribution in [0.5, 0.6) is 0 Å². The summed E-state index contributed by atoms with van der Waals surface area (Å²) in [6.45, 7) is 1.35. The van der Waals surface area contributed by atoms with Gasteiger partial charge in [0.1, 0.15) is 11.5 Å². The van der Waals surface area contributed by atoms with E-state index in [-0.39, 0.29) is 17.9 Å². The van der Waals surface area contributed by atoms with Crippen LogP contribution in [-0.4, -0.2) is 37.6 Å². The van der Waals surface area contributed by atoms with Crippen molar-refractivity contribution in [3.05, 3.63) is 94.6 Å². The van der Waals surface area contributed by atoms with Gasteiger partial charge in [-0.15, -0.1) is 16.4 Å². The number of rotatable bonds is 5. The minimum Gasteiger partial charge on any atom is -0.390 e. The molecule has 1 aliphatic heterocycles. The summed E-state index contributed by atoms with van der Waals surface area (Å²) in [6, 6.07) is 20.8. The Bertz CT molecular complexity index is 1110. The number of aliphatic hydroxyl groups excluding tert-OH is 1. The summed E-state index contributed by atoms with van der Waals surface area (Å²) in [5.74, 6) is -0.282. The van der Waals surface area contributed by atoms with Crippen LogP contribution in [0.15, 0.2) is 78.3 Å². The zero-order chi connectivity index (χ0) is 21.2. The quantitative estimate of drug-likeness (QED) is 0.495. The van der Waals surface area contributed by atoms with E-state index in [1.165, 1.54) is 22.6 Å². The van der Waals surface area contributed by atoms with Crippen molar-refractivity contribution in [2.45, 2.75) is 31.2 Å². The first kappa shape index (κ1) is 20.1. The van der Waals surface area contributed by atoms with Crippen molar-refractivity contribution in [3.8, 4) is 11.3 Å². The molecular weight excluding hydrogens is 411 g/mol. The molecule has 0 radical (unpaired) electrons. The maximum absolute atomic E-state index is 13.2. The molecule has 3 heterocycles. The van der Waals surface area contributed by atoms with Gasteiger partial charge in [-0.05, 0) is 47.7 Å². The van der Waals surface area contributed by atoms with Crippen molar-refractivity contribution in [1.29, 1.82) is 0 Å². The molecule has 4 aromatic rings. The van der Waals surface area contributed by atoms with Gasteiger partial charge in [0.25, 0.3) is 0 Å². The molecule has 0 saturated carbocycles. The van der Waals surface area contributed by atoms with Gasteiger partial charge in [-0.3, -0.25) is 4.90 Å². The highest BCUT2D eigenvalue weighted by Gasteiger charge is 2.37. The van der Waals surface area contributed by atoms with E-state index >= 15 is 0 Å². The lowest BCUT2D eigenvalue weighted by Gasteiger charge is -2.42. The molecule has 0 aliphatic carbocycles. The lowest BCUT2D eigenvalue weighted by atomic mass is 9.90. The van der Waals surface area contributed by atoms with Crippen molar-refractivity contribution < 1.29 is 9.50 Å². The highest BCUT2D eigenvalue weighted by atomic mass is 32.1. The number of benzene rings is 2. The lowest BCUT2D eigenvalue weighted by Crippen LogP contribution is -2.46. The number of β-amino-alcohol motifs (C(OH)–C–C–N with tert-alkyl or cyclic N) is 1. The normalized spacial score (nSPS) is 21.9. The number of hydrogen-bond acceptors (Lipinski definition) is 5. The van der Waals surface area contributed by atoms with Gasteiger partial charge >= 0.3 is 0 Å².